The van der Waals surface area contributed by atoms with Gasteiger partial charge in [0.25, 0.3) is 0 Å². The number of rotatable bonds is 3. The molecule has 3 rings (SSSR count). The van der Waals surface area contributed by atoms with Gasteiger partial charge in [-0.3, -0.25) is 0 Å². The molecule has 1 N–H and O–H groups in total. The van der Waals surface area contributed by atoms with Gasteiger partial charge in [-0.2, -0.15) is 5.26 Å². The fraction of sp³-hybridized carbons (Fsp3) is 0.588. The lowest BCUT2D eigenvalue weighted by molar-refractivity contribution is 0.389. The third-order valence-electron chi connectivity index (χ3n) is 4.62. The molecule has 1 aliphatic carbocycles. The molecule has 1 aliphatic heterocycles. The lowest BCUT2D eigenvalue weighted by atomic mass is 9.85. The zero-order valence-corrected chi connectivity index (χ0v) is 12.0. The second kappa shape index (κ2) is 6.17. The Morgan fingerprint density at radius 2 is 1.70 bits per heavy atom. The van der Waals surface area contributed by atoms with Crippen LogP contribution in [0.3, 0.4) is 0 Å². The lowest BCUT2D eigenvalue weighted by Crippen LogP contribution is -2.31. The second-order valence-corrected chi connectivity index (χ2v) is 6.01. The summed E-state index contributed by atoms with van der Waals surface area (Å²) in [6.45, 7) is 2.37. The average molecular weight is 269 g/mol. The number of nitrogens with zero attached hydrogens (tertiary/aromatic N) is 2. The second-order valence-electron chi connectivity index (χ2n) is 6.01. The number of hydrogen-bond donors (Lipinski definition) is 1. The van der Waals surface area contributed by atoms with Gasteiger partial charge in [-0.1, -0.05) is 12.8 Å². The Kier molecular flexibility index (Phi) is 4.11. The lowest BCUT2D eigenvalue weighted by Gasteiger charge is -2.28. The molecule has 1 aromatic rings. The topological polar surface area (TPSA) is 39.1 Å². The van der Waals surface area contributed by atoms with Crippen molar-refractivity contribution in [1.82, 2.24) is 0 Å². The fourth-order valence-electron chi connectivity index (χ4n) is 3.42. The van der Waals surface area contributed by atoms with Crippen LogP contribution < -0.4 is 10.2 Å². The van der Waals surface area contributed by atoms with Crippen LogP contribution in [0.4, 0.5) is 11.4 Å². The van der Waals surface area contributed by atoms with Crippen LogP contribution in [-0.2, 0) is 0 Å². The van der Waals surface area contributed by atoms with E-state index in [0.717, 1.165) is 18.5 Å². The first kappa shape index (κ1) is 13.3. The van der Waals surface area contributed by atoms with Crippen molar-refractivity contribution in [3.63, 3.8) is 0 Å². The summed E-state index contributed by atoms with van der Waals surface area (Å²) in [6, 6.07) is 11.5. The Bertz CT molecular complexity index is 468. The smallest absolute Gasteiger partial charge is 0.0677 e. The zero-order chi connectivity index (χ0) is 13.8. The number of hydrogen-bond acceptors (Lipinski definition) is 3. The van der Waals surface area contributed by atoms with Crippen LogP contribution in [0.15, 0.2) is 24.3 Å². The average Bonchev–Trinajstić information content (AvgIpc) is 3.03. The molecule has 2 aliphatic rings. The number of anilines is 2. The molecule has 0 bridgehead atoms. The molecule has 3 nitrogen and oxygen atoms in total. The van der Waals surface area contributed by atoms with E-state index in [-0.39, 0.29) is 5.92 Å². The molecule has 0 radical (unpaired) electrons. The molecule has 2 fully saturated rings. The van der Waals surface area contributed by atoms with Crippen LogP contribution >= 0.6 is 0 Å². The third-order valence-corrected chi connectivity index (χ3v) is 4.62. The quantitative estimate of drug-likeness (QED) is 0.907. The van der Waals surface area contributed by atoms with E-state index >= 15 is 0 Å². The molecular formula is C17H23N3. The van der Waals surface area contributed by atoms with Gasteiger partial charge in [-0.05, 0) is 49.9 Å². The molecule has 20 heavy (non-hydrogen) atoms. The summed E-state index contributed by atoms with van der Waals surface area (Å²) in [7, 11) is 0. The van der Waals surface area contributed by atoms with E-state index in [4.69, 9.17) is 0 Å². The fourth-order valence-corrected chi connectivity index (χ4v) is 3.42. The molecule has 1 heterocycles. The number of nitriles is 1. The minimum Gasteiger partial charge on any atom is -0.381 e. The van der Waals surface area contributed by atoms with Crippen LogP contribution in [0.2, 0.25) is 0 Å². The summed E-state index contributed by atoms with van der Waals surface area (Å²) in [5, 5.41) is 12.8. The van der Waals surface area contributed by atoms with E-state index in [9.17, 15) is 5.26 Å². The van der Waals surface area contributed by atoms with Crippen molar-refractivity contribution in [3.8, 4) is 6.07 Å². The van der Waals surface area contributed by atoms with Gasteiger partial charge in [0.1, 0.15) is 0 Å². The Morgan fingerprint density at radius 1 is 1.00 bits per heavy atom. The van der Waals surface area contributed by atoms with Crippen LogP contribution in [0, 0.1) is 17.2 Å². The predicted octanol–water partition coefficient (Wildman–Crippen LogP) is 3.78. The molecular weight excluding hydrogens is 246 g/mol. The molecule has 2 atom stereocenters. The van der Waals surface area contributed by atoms with Gasteiger partial charge in [-0.15, -0.1) is 0 Å². The first-order chi connectivity index (χ1) is 9.86. The van der Waals surface area contributed by atoms with Crippen molar-refractivity contribution < 1.29 is 0 Å². The highest BCUT2D eigenvalue weighted by Crippen LogP contribution is 2.28. The van der Waals surface area contributed by atoms with Gasteiger partial charge in [-0.25, -0.2) is 0 Å². The minimum atomic E-state index is 0.169. The van der Waals surface area contributed by atoms with Crippen LogP contribution in [-0.4, -0.2) is 19.1 Å². The summed E-state index contributed by atoms with van der Waals surface area (Å²) in [4.78, 5) is 2.45. The van der Waals surface area contributed by atoms with Crippen molar-refractivity contribution in [3.05, 3.63) is 24.3 Å². The Balaban J connectivity index is 1.64. The van der Waals surface area contributed by atoms with E-state index in [2.05, 4.69) is 40.6 Å². The van der Waals surface area contributed by atoms with Crippen molar-refractivity contribution in [2.24, 2.45) is 5.92 Å². The highest BCUT2D eigenvalue weighted by Gasteiger charge is 2.24. The Labute approximate surface area is 121 Å². The van der Waals surface area contributed by atoms with Gasteiger partial charge in [0.2, 0.25) is 0 Å². The van der Waals surface area contributed by atoms with Crippen molar-refractivity contribution in [1.29, 1.82) is 5.26 Å². The summed E-state index contributed by atoms with van der Waals surface area (Å²) in [5.41, 5.74) is 2.48. The SMILES string of the molecule is N#CC1CCCCC1Nc1ccc(N2CCCC2)cc1. The van der Waals surface area contributed by atoms with Crippen LogP contribution in [0.1, 0.15) is 38.5 Å². The minimum absolute atomic E-state index is 0.169. The van der Waals surface area contributed by atoms with Crippen molar-refractivity contribution in [2.75, 3.05) is 23.3 Å². The van der Waals surface area contributed by atoms with Gasteiger partial charge in [0.05, 0.1) is 12.0 Å². The molecule has 3 heteroatoms. The van der Waals surface area contributed by atoms with Gasteiger partial charge in [0, 0.05) is 30.5 Å². The standard InChI is InChI=1S/C17H23N3/c18-13-14-5-1-2-6-17(14)19-15-7-9-16(10-8-15)20-11-3-4-12-20/h7-10,14,17,19H,1-6,11-12H2. The van der Waals surface area contributed by atoms with Crippen LogP contribution in [0.25, 0.3) is 0 Å². The maximum Gasteiger partial charge on any atom is 0.0677 e. The largest absolute Gasteiger partial charge is 0.381 e. The molecule has 0 aromatic heterocycles. The summed E-state index contributed by atoms with van der Waals surface area (Å²) in [5.74, 6) is 0.169. The number of benzene rings is 1. The Hall–Kier alpha value is -1.69. The summed E-state index contributed by atoms with van der Waals surface area (Å²) in [6.07, 6.45) is 7.22. The highest BCUT2D eigenvalue weighted by atomic mass is 15.1. The first-order valence-corrected chi connectivity index (χ1v) is 7.88. The van der Waals surface area contributed by atoms with Crippen LogP contribution in [0.5, 0.6) is 0 Å². The van der Waals surface area contributed by atoms with E-state index < -0.39 is 0 Å². The highest BCUT2D eigenvalue weighted by molar-refractivity contribution is 5.56. The Morgan fingerprint density at radius 3 is 2.40 bits per heavy atom. The van der Waals surface area contributed by atoms with Crippen molar-refractivity contribution >= 4 is 11.4 Å². The molecule has 1 aromatic carbocycles. The number of nitrogens with one attached hydrogen (secondary N) is 1. The van der Waals surface area contributed by atoms with E-state index in [1.165, 1.54) is 44.5 Å². The maximum atomic E-state index is 9.23. The van der Waals surface area contributed by atoms with E-state index in [0.29, 0.717) is 6.04 Å². The molecule has 0 amide bonds. The van der Waals surface area contributed by atoms with Gasteiger partial charge in [0.15, 0.2) is 0 Å². The first-order valence-electron chi connectivity index (χ1n) is 7.88. The summed E-state index contributed by atoms with van der Waals surface area (Å²) < 4.78 is 0. The van der Waals surface area contributed by atoms with E-state index in [1.54, 1.807) is 0 Å². The molecule has 1 saturated carbocycles. The monoisotopic (exact) mass is 269 g/mol. The predicted molar refractivity (Wildman–Crippen MR) is 82.9 cm³/mol. The normalized spacial score (nSPS) is 26.2. The zero-order valence-electron chi connectivity index (χ0n) is 12.0. The summed E-state index contributed by atoms with van der Waals surface area (Å²) >= 11 is 0. The molecule has 2 unspecified atom stereocenters. The molecule has 106 valence electrons. The third kappa shape index (κ3) is 2.90. The van der Waals surface area contributed by atoms with Crippen molar-refractivity contribution in [2.45, 2.75) is 44.6 Å². The molecule has 0 spiro atoms. The van der Waals surface area contributed by atoms with E-state index in [1.807, 2.05) is 0 Å². The van der Waals surface area contributed by atoms with Gasteiger partial charge < -0.3 is 10.2 Å². The molecule has 1 saturated heterocycles. The maximum absolute atomic E-state index is 9.23. The van der Waals surface area contributed by atoms with Gasteiger partial charge >= 0.3 is 0 Å².